The molecule has 0 N–H and O–H groups in total. The average Bonchev–Trinajstić information content (AvgIpc) is 3.20. The van der Waals surface area contributed by atoms with Crippen LogP contribution in [0.3, 0.4) is 0 Å². The second-order valence-corrected chi connectivity index (χ2v) is 15.9. The molecule has 0 aromatic rings. The zero-order valence-electron chi connectivity index (χ0n) is 36.3. The summed E-state index contributed by atoms with van der Waals surface area (Å²) in [6.07, 6.45) is 92.5. The van der Waals surface area contributed by atoms with Crippen molar-refractivity contribution in [2.75, 3.05) is 0 Å². The largest absolute Gasteiger partial charge is 0.0885 e. The minimum atomic E-state index is 1.04. The summed E-state index contributed by atoms with van der Waals surface area (Å²) in [5.74, 6) is 0. The summed E-state index contributed by atoms with van der Waals surface area (Å²) >= 11 is 0. The van der Waals surface area contributed by atoms with E-state index in [2.05, 4.69) is 122 Å². The topological polar surface area (TPSA) is 0 Å². The van der Waals surface area contributed by atoms with Gasteiger partial charge < -0.3 is 0 Å². The fourth-order valence-corrected chi connectivity index (χ4v) is 6.92. The summed E-state index contributed by atoms with van der Waals surface area (Å²) in [7, 11) is 0. The Morgan fingerprint density at radius 2 is 0.218 bits per heavy atom. The van der Waals surface area contributed by atoms with Crippen molar-refractivity contribution < 1.29 is 0 Å². The van der Waals surface area contributed by atoms with Gasteiger partial charge in [0, 0.05) is 0 Å². The Balaban J connectivity index is 2.20. The molecule has 0 amide bonds. The van der Waals surface area contributed by atoms with Crippen molar-refractivity contribution in [1.29, 1.82) is 0 Å². The third kappa shape index (κ3) is 45.7. The van der Waals surface area contributed by atoms with Crippen LogP contribution in [0.25, 0.3) is 0 Å². The highest BCUT2D eigenvalue weighted by atomic mass is 14.0. The molecule has 1 aliphatic carbocycles. The Kier molecular flexibility index (Phi) is 43.6. The minimum absolute atomic E-state index is 1.04. The van der Waals surface area contributed by atoms with Gasteiger partial charge in [-0.25, -0.2) is 0 Å². The van der Waals surface area contributed by atoms with E-state index in [0.717, 1.165) is 32.1 Å². The first-order valence-electron chi connectivity index (χ1n) is 24.0. The highest BCUT2D eigenvalue weighted by Gasteiger charge is 1.92. The van der Waals surface area contributed by atoms with E-state index in [-0.39, 0.29) is 0 Å². The molecule has 0 saturated heterocycles. The number of allylic oxidation sites excluding steroid dienone is 20. The second kappa shape index (κ2) is 47.6. The van der Waals surface area contributed by atoms with E-state index in [1.54, 1.807) is 0 Å². The molecule has 0 fully saturated rings. The van der Waals surface area contributed by atoms with Crippen LogP contribution in [-0.4, -0.2) is 0 Å². The van der Waals surface area contributed by atoms with Crippen LogP contribution >= 0.6 is 0 Å². The predicted molar refractivity (Wildman–Crippen MR) is 253 cm³/mol. The molecule has 0 spiro atoms. The van der Waals surface area contributed by atoms with Crippen LogP contribution in [-0.2, 0) is 0 Å². The molecule has 0 atom stereocenters. The Morgan fingerprint density at radius 1 is 0.109 bits per heavy atom. The highest BCUT2D eigenvalue weighted by Crippen LogP contribution is 2.12. The van der Waals surface area contributed by atoms with Crippen molar-refractivity contribution in [1.82, 2.24) is 0 Å². The summed E-state index contributed by atoms with van der Waals surface area (Å²) in [4.78, 5) is 0. The minimum Gasteiger partial charge on any atom is -0.0885 e. The highest BCUT2D eigenvalue weighted by molar-refractivity contribution is 5.01. The number of hydrogen-bond donors (Lipinski definition) is 0. The summed E-state index contributed by atoms with van der Waals surface area (Å²) in [5.41, 5.74) is 0. The number of hydrogen-bond acceptors (Lipinski definition) is 0. The lowest BCUT2D eigenvalue weighted by molar-refractivity contribution is 0.640. The van der Waals surface area contributed by atoms with Gasteiger partial charge in [0.05, 0.1) is 0 Å². The molecule has 1 rings (SSSR count). The number of rotatable bonds is 0. The van der Waals surface area contributed by atoms with Gasteiger partial charge in [-0.3, -0.25) is 0 Å². The normalized spacial score (nSPS) is 24.6. The average molecular weight is 751 g/mol. The summed E-state index contributed by atoms with van der Waals surface area (Å²) in [5, 5.41) is 0. The lowest BCUT2D eigenvalue weighted by Gasteiger charge is -1.99. The first-order chi connectivity index (χ1) is 27.5. The Labute approximate surface area is 345 Å². The van der Waals surface area contributed by atoms with Gasteiger partial charge in [-0.05, 0) is 161 Å². The van der Waals surface area contributed by atoms with Gasteiger partial charge in [-0.2, -0.15) is 0 Å². The van der Waals surface area contributed by atoms with Gasteiger partial charge in [0.1, 0.15) is 0 Å². The van der Waals surface area contributed by atoms with Crippen molar-refractivity contribution in [2.45, 2.75) is 225 Å². The van der Waals surface area contributed by atoms with E-state index in [0.29, 0.717) is 0 Å². The fraction of sp³-hybridized carbons (Fsp3) is 0.636. The zero-order chi connectivity index (χ0) is 38.9. The van der Waals surface area contributed by atoms with Crippen molar-refractivity contribution in [3.05, 3.63) is 122 Å². The van der Waals surface area contributed by atoms with Gasteiger partial charge in [0.15, 0.2) is 0 Å². The van der Waals surface area contributed by atoms with Crippen LogP contribution in [0.4, 0.5) is 0 Å². The summed E-state index contributed by atoms with van der Waals surface area (Å²) in [6, 6.07) is 0. The van der Waals surface area contributed by atoms with E-state index in [4.69, 9.17) is 0 Å². The molecule has 0 aromatic carbocycles. The Morgan fingerprint density at radius 3 is 0.364 bits per heavy atom. The van der Waals surface area contributed by atoms with Crippen LogP contribution in [0.15, 0.2) is 122 Å². The summed E-state index contributed by atoms with van der Waals surface area (Å²) < 4.78 is 0. The van der Waals surface area contributed by atoms with E-state index < -0.39 is 0 Å². The third-order valence-electron chi connectivity index (χ3n) is 10.5. The van der Waals surface area contributed by atoms with Gasteiger partial charge in [-0.1, -0.05) is 186 Å². The molecule has 0 heteroatoms. The van der Waals surface area contributed by atoms with E-state index in [1.807, 2.05) is 0 Å². The molecule has 0 radical (unpaired) electrons. The SMILES string of the molecule is C1=CCCCCCCC=CCCCCCCC=CCCCCCCC=CCCCCCC/C=C\C/C=C\CCCCCC/C=C\C/C=C/C/C=C\C/C=C/C1. The van der Waals surface area contributed by atoms with Gasteiger partial charge in [0.25, 0.3) is 0 Å². The monoisotopic (exact) mass is 751 g/mol. The molecule has 55 heavy (non-hydrogen) atoms. The van der Waals surface area contributed by atoms with Gasteiger partial charge in [0.2, 0.25) is 0 Å². The van der Waals surface area contributed by atoms with Crippen molar-refractivity contribution in [2.24, 2.45) is 0 Å². The van der Waals surface area contributed by atoms with Gasteiger partial charge in [-0.15, -0.1) is 0 Å². The standard InChI is InChI=1S/C55H90/c1-2-4-6-8-10-12-14-16-18-20-22-24-26-28-30-32-34-36-38-40-42-44-46-48-50-52-54-55-53-51-49-47-45-43-41-39-37-35-33-31-29-27-25-23-21-19-17-15-13-11-9-7-5-3-1/h1-2,5-8,11-14,27-30,33,35,44,46,49,51H,3-4,9-10,15-26,31-32,34,36-43,45,47-48,50,52-55H2/b2-1-,7-5+,8-6+,13-11-,14-12?,29-27-,30-28?,35-33-,46-44?,51-49?. The van der Waals surface area contributed by atoms with Crippen molar-refractivity contribution in [3.63, 3.8) is 0 Å². The van der Waals surface area contributed by atoms with E-state index in [1.165, 1.54) is 193 Å². The second-order valence-electron chi connectivity index (χ2n) is 15.9. The van der Waals surface area contributed by atoms with E-state index in [9.17, 15) is 0 Å². The van der Waals surface area contributed by atoms with Crippen LogP contribution in [0.2, 0.25) is 0 Å². The quantitative estimate of drug-likeness (QED) is 0.216. The van der Waals surface area contributed by atoms with Crippen LogP contribution < -0.4 is 0 Å². The third-order valence-corrected chi connectivity index (χ3v) is 10.5. The first kappa shape index (κ1) is 50.4. The molecule has 1 aliphatic rings. The van der Waals surface area contributed by atoms with Gasteiger partial charge >= 0.3 is 0 Å². The lowest BCUT2D eigenvalue weighted by atomic mass is 10.1. The fourth-order valence-electron chi connectivity index (χ4n) is 6.92. The Bertz CT molecular complexity index is 1050. The smallest absolute Gasteiger partial charge is 0.0169 e. The van der Waals surface area contributed by atoms with Crippen LogP contribution in [0, 0.1) is 0 Å². The zero-order valence-corrected chi connectivity index (χ0v) is 36.3. The molecule has 0 heterocycles. The molecular formula is C55H90. The van der Waals surface area contributed by atoms with E-state index >= 15 is 0 Å². The molecule has 0 nitrogen and oxygen atoms in total. The maximum atomic E-state index is 2.44. The molecule has 0 saturated carbocycles. The first-order valence-corrected chi connectivity index (χ1v) is 24.0. The van der Waals surface area contributed by atoms with Crippen LogP contribution in [0.1, 0.15) is 225 Å². The maximum absolute atomic E-state index is 2.44. The molecule has 0 aliphatic heterocycles. The lowest BCUT2D eigenvalue weighted by Crippen LogP contribution is -1.79. The molecular weight excluding hydrogens is 661 g/mol. The van der Waals surface area contributed by atoms with Crippen molar-refractivity contribution in [3.8, 4) is 0 Å². The molecule has 0 bridgehead atoms. The van der Waals surface area contributed by atoms with Crippen molar-refractivity contribution >= 4 is 0 Å². The van der Waals surface area contributed by atoms with Crippen LogP contribution in [0.5, 0.6) is 0 Å². The summed E-state index contributed by atoms with van der Waals surface area (Å²) in [6.45, 7) is 0. The molecule has 310 valence electrons. The Hall–Kier alpha value is -2.60. The maximum Gasteiger partial charge on any atom is -0.0169 e. The molecule has 0 aromatic heterocycles. The molecule has 0 unspecified atom stereocenters. The predicted octanol–water partition coefficient (Wildman–Crippen LogP) is 19.2.